The lowest BCUT2D eigenvalue weighted by Gasteiger charge is -2.39. The summed E-state index contributed by atoms with van der Waals surface area (Å²) in [4.78, 5) is 0. The predicted octanol–water partition coefficient (Wildman–Crippen LogP) is 10.0. The van der Waals surface area contributed by atoms with Crippen molar-refractivity contribution in [2.24, 2.45) is 17.3 Å². The zero-order chi connectivity index (χ0) is 24.2. The summed E-state index contributed by atoms with van der Waals surface area (Å²) in [7, 11) is 0. The number of allylic oxidation sites excluding steroid dienone is 1. The molecule has 3 rings (SSSR count). The second-order valence-electron chi connectivity index (χ2n) is 12.4. The molecule has 0 heteroatoms. The van der Waals surface area contributed by atoms with E-state index in [1.165, 1.54) is 54.4 Å². The van der Waals surface area contributed by atoms with Crippen molar-refractivity contribution >= 4 is 0 Å². The van der Waals surface area contributed by atoms with Gasteiger partial charge in [-0.1, -0.05) is 88.2 Å². The van der Waals surface area contributed by atoms with Crippen LogP contribution in [0.5, 0.6) is 0 Å². The Hall–Kier alpha value is -1.82. The normalized spacial score (nSPS) is 18.3. The second kappa shape index (κ2) is 11.1. The summed E-state index contributed by atoms with van der Waals surface area (Å²) in [6.07, 6.45) is 8.89. The smallest absolute Gasteiger partial charge is 0.00228 e. The van der Waals surface area contributed by atoms with Crippen molar-refractivity contribution in [3.63, 3.8) is 0 Å². The zero-order valence-corrected chi connectivity index (χ0v) is 22.5. The van der Waals surface area contributed by atoms with Gasteiger partial charge in [-0.25, -0.2) is 0 Å². The average molecular weight is 445 g/mol. The Morgan fingerprint density at radius 2 is 1.64 bits per heavy atom. The first-order chi connectivity index (χ1) is 15.5. The molecule has 180 valence electrons. The molecular weight excluding hydrogens is 396 g/mol. The summed E-state index contributed by atoms with van der Waals surface area (Å²) in [6.45, 7) is 20.6. The summed E-state index contributed by atoms with van der Waals surface area (Å²) >= 11 is 0. The molecule has 0 heterocycles. The van der Waals surface area contributed by atoms with Crippen molar-refractivity contribution < 1.29 is 0 Å². The van der Waals surface area contributed by atoms with Gasteiger partial charge in [0.15, 0.2) is 0 Å². The van der Waals surface area contributed by atoms with Crippen LogP contribution in [0.4, 0.5) is 0 Å². The minimum atomic E-state index is 0.519. The van der Waals surface area contributed by atoms with Gasteiger partial charge in [0.05, 0.1) is 0 Å². The minimum absolute atomic E-state index is 0.519. The molecule has 2 aromatic rings. The average Bonchev–Trinajstić information content (AvgIpc) is 2.73. The van der Waals surface area contributed by atoms with Crippen LogP contribution in [0.25, 0.3) is 0 Å². The van der Waals surface area contributed by atoms with Crippen LogP contribution in [0.2, 0.25) is 0 Å². The molecule has 33 heavy (non-hydrogen) atoms. The van der Waals surface area contributed by atoms with Crippen molar-refractivity contribution in [1.29, 1.82) is 0 Å². The highest BCUT2D eigenvalue weighted by molar-refractivity contribution is 5.40. The van der Waals surface area contributed by atoms with Gasteiger partial charge in [-0.15, -0.1) is 6.58 Å². The number of benzene rings is 2. The van der Waals surface area contributed by atoms with Crippen LogP contribution in [0.15, 0.2) is 54.6 Å². The Balaban J connectivity index is 2.00. The van der Waals surface area contributed by atoms with Crippen LogP contribution in [0.1, 0.15) is 120 Å². The molecule has 0 aromatic heterocycles. The van der Waals surface area contributed by atoms with Crippen LogP contribution in [0.3, 0.4) is 0 Å². The van der Waals surface area contributed by atoms with Crippen LogP contribution >= 0.6 is 0 Å². The molecule has 0 aliphatic heterocycles. The molecule has 0 radical (unpaired) electrons. The number of rotatable bonds is 9. The van der Waals surface area contributed by atoms with Gasteiger partial charge in [-0.2, -0.15) is 0 Å². The molecule has 0 saturated heterocycles. The number of hydrogen-bond donors (Lipinski definition) is 0. The standard InChI is InChI=1S/C33H48/c1-23(2)19-26(6)29-13-14-31(30(22-29)21-27-11-9-25(5)10-12-27)32(20-24(3)4)28-15-17-33(7,8)18-16-28/h9-14,22,24,26,28,32H,1,15-21H2,2-8H3/t26-,32?/m1/s1. The van der Waals surface area contributed by atoms with Gasteiger partial charge in [-0.05, 0) is 110 Å². The highest BCUT2D eigenvalue weighted by Crippen LogP contribution is 2.46. The molecule has 2 atom stereocenters. The van der Waals surface area contributed by atoms with Gasteiger partial charge < -0.3 is 0 Å². The topological polar surface area (TPSA) is 0 Å². The van der Waals surface area contributed by atoms with E-state index < -0.39 is 0 Å². The third-order valence-corrected chi connectivity index (χ3v) is 7.98. The molecule has 0 bridgehead atoms. The van der Waals surface area contributed by atoms with E-state index in [9.17, 15) is 0 Å². The Labute approximate surface area is 204 Å². The van der Waals surface area contributed by atoms with Gasteiger partial charge in [0, 0.05) is 0 Å². The maximum Gasteiger partial charge on any atom is -0.00228 e. The highest BCUT2D eigenvalue weighted by Gasteiger charge is 2.33. The molecule has 1 aliphatic carbocycles. The van der Waals surface area contributed by atoms with E-state index in [2.05, 4.69) is 97.5 Å². The molecule has 1 aliphatic rings. The van der Waals surface area contributed by atoms with Crippen LogP contribution < -0.4 is 0 Å². The maximum atomic E-state index is 4.17. The lowest BCUT2D eigenvalue weighted by Crippen LogP contribution is -2.26. The largest absolute Gasteiger partial charge is 0.100 e. The van der Waals surface area contributed by atoms with E-state index >= 15 is 0 Å². The molecular formula is C33H48. The van der Waals surface area contributed by atoms with E-state index in [1.54, 1.807) is 11.1 Å². The van der Waals surface area contributed by atoms with Gasteiger partial charge in [0.1, 0.15) is 0 Å². The zero-order valence-electron chi connectivity index (χ0n) is 22.5. The Kier molecular flexibility index (Phi) is 8.65. The number of aryl methyl sites for hydroxylation is 1. The predicted molar refractivity (Wildman–Crippen MR) is 146 cm³/mol. The van der Waals surface area contributed by atoms with E-state index in [1.807, 2.05) is 0 Å². The first-order valence-electron chi connectivity index (χ1n) is 13.4. The fourth-order valence-electron chi connectivity index (χ4n) is 5.92. The first-order valence-corrected chi connectivity index (χ1v) is 13.4. The lowest BCUT2D eigenvalue weighted by atomic mass is 9.66. The Morgan fingerprint density at radius 1 is 1.00 bits per heavy atom. The van der Waals surface area contributed by atoms with Gasteiger partial charge in [0.2, 0.25) is 0 Å². The Bertz CT molecular complexity index is 902. The lowest BCUT2D eigenvalue weighted by molar-refractivity contribution is 0.164. The van der Waals surface area contributed by atoms with Crippen LogP contribution in [0, 0.1) is 24.2 Å². The van der Waals surface area contributed by atoms with Crippen molar-refractivity contribution in [2.45, 2.75) is 105 Å². The fourth-order valence-corrected chi connectivity index (χ4v) is 5.92. The molecule has 1 unspecified atom stereocenters. The van der Waals surface area contributed by atoms with E-state index in [-0.39, 0.29) is 0 Å². The first kappa shape index (κ1) is 25.8. The molecule has 0 amide bonds. The minimum Gasteiger partial charge on any atom is -0.100 e. The van der Waals surface area contributed by atoms with E-state index in [0.29, 0.717) is 17.3 Å². The van der Waals surface area contributed by atoms with Crippen molar-refractivity contribution in [2.75, 3.05) is 0 Å². The summed E-state index contributed by atoms with van der Waals surface area (Å²) in [5, 5.41) is 0. The number of hydrogen-bond acceptors (Lipinski definition) is 0. The quantitative estimate of drug-likeness (QED) is 0.337. The van der Waals surface area contributed by atoms with Gasteiger partial charge >= 0.3 is 0 Å². The third kappa shape index (κ3) is 7.33. The monoisotopic (exact) mass is 444 g/mol. The highest BCUT2D eigenvalue weighted by atomic mass is 14.4. The molecule has 1 fully saturated rings. The van der Waals surface area contributed by atoms with Crippen molar-refractivity contribution in [3.05, 3.63) is 82.4 Å². The summed E-state index contributed by atoms with van der Waals surface area (Å²) in [6, 6.07) is 16.7. The summed E-state index contributed by atoms with van der Waals surface area (Å²) < 4.78 is 0. The molecule has 2 aromatic carbocycles. The molecule has 0 N–H and O–H groups in total. The molecule has 0 nitrogen and oxygen atoms in total. The summed E-state index contributed by atoms with van der Waals surface area (Å²) in [5.41, 5.74) is 9.21. The van der Waals surface area contributed by atoms with Gasteiger partial charge in [-0.3, -0.25) is 0 Å². The van der Waals surface area contributed by atoms with E-state index in [4.69, 9.17) is 0 Å². The SMILES string of the molecule is C=C(C)C[C@@H](C)c1ccc(C(CC(C)C)C2CCC(C)(C)CC2)c(Cc2ccc(C)cc2)c1. The van der Waals surface area contributed by atoms with Crippen LogP contribution in [-0.4, -0.2) is 0 Å². The molecule has 0 spiro atoms. The van der Waals surface area contributed by atoms with Gasteiger partial charge in [0.25, 0.3) is 0 Å². The maximum absolute atomic E-state index is 4.17. The van der Waals surface area contributed by atoms with Crippen molar-refractivity contribution in [3.8, 4) is 0 Å². The molecule has 1 saturated carbocycles. The van der Waals surface area contributed by atoms with Crippen LogP contribution in [-0.2, 0) is 6.42 Å². The van der Waals surface area contributed by atoms with Crippen molar-refractivity contribution in [1.82, 2.24) is 0 Å². The van der Waals surface area contributed by atoms with E-state index in [0.717, 1.165) is 24.7 Å². The third-order valence-electron chi connectivity index (χ3n) is 7.98. The Morgan fingerprint density at radius 3 is 2.21 bits per heavy atom. The fraction of sp³-hybridized carbons (Fsp3) is 0.576. The second-order valence-corrected chi connectivity index (χ2v) is 12.4. The summed E-state index contributed by atoms with van der Waals surface area (Å²) in [5.74, 6) is 2.73.